The first-order chi connectivity index (χ1) is 8.70. The van der Waals surface area contributed by atoms with Gasteiger partial charge in [-0.25, -0.2) is 0 Å². The molecule has 18 heavy (non-hydrogen) atoms. The first-order valence-electron chi connectivity index (χ1n) is 5.15. The third-order valence-electron chi connectivity index (χ3n) is 2.34. The van der Waals surface area contributed by atoms with E-state index in [0.29, 0.717) is 5.69 Å². The van der Waals surface area contributed by atoms with Gasteiger partial charge >= 0.3 is 0 Å². The van der Waals surface area contributed by atoms with E-state index in [-0.39, 0.29) is 12.3 Å². The summed E-state index contributed by atoms with van der Waals surface area (Å²) in [6.07, 6.45) is 1.63. The molecule has 0 radical (unpaired) electrons. The zero-order valence-electron chi connectivity index (χ0n) is 9.31. The Balaban J connectivity index is 2.03. The van der Waals surface area contributed by atoms with Crippen LogP contribution in [0.3, 0.4) is 0 Å². The molecular weight excluding hydrogens is 234 g/mol. The third kappa shape index (κ3) is 2.47. The molecule has 6 heteroatoms. The van der Waals surface area contributed by atoms with Crippen molar-refractivity contribution in [3.63, 3.8) is 0 Å². The number of aromatic nitrogens is 1. The second-order valence-corrected chi connectivity index (χ2v) is 3.53. The van der Waals surface area contributed by atoms with Crippen LogP contribution in [-0.4, -0.2) is 9.65 Å². The van der Waals surface area contributed by atoms with Gasteiger partial charge in [-0.3, -0.25) is 10.1 Å². The molecule has 0 amide bonds. The van der Waals surface area contributed by atoms with Gasteiger partial charge in [0.1, 0.15) is 12.7 Å². The molecule has 2 aromatic rings. The lowest BCUT2D eigenvalue weighted by Crippen LogP contribution is -2.11. The average molecular weight is 243 g/mol. The summed E-state index contributed by atoms with van der Waals surface area (Å²) in [5.41, 5.74) is 1.23. The molecule has 1 aromatic heterocycles. The molecule has 0 fully saturated rings. The molecular formula is C12H9N3O3. The normalized spacial score (nSPS) is 9.72. The van der Waals surface area contributed by atoms with Crippen LogP contribution in [0.5, 0.6) is 0 Å². The molecule has 0 spiro atoms. The van der Waals surface area contributed by atoms with Crippen molar-refractivity contribution in [3.8, 4) is 6.07 Å². The topological polar surface area (TPSA) is 81.1 Å². The van der Waals surface area contributed by atoms with Crippen LogP contribution in [0, 0.1) is 21.4 Å². The van der Waals surface area contributed by atoms with Gasteiger partial charge in [-0.05, 0) is 29.8 Å². The number of benzene rings is 1. The first-order valence-corrected chi connectivity index (χ1v) is 5.15. The van der Waals surface area contributed by atoms with E-state index in [1.807, 2.05) is 6.07 Å². The number of non-ortho nitro benzene ring substituents is 1. The fourth-order valence-corrected chi connectivity index (χ4v) is 1.42. The number of nitrogens with zero attached hydrogens (tertiary/aromatic N) is 3. The van der Waals surface area contributed by atoms with Crippen molar-refractivity contribution in [3.05, 3.63) is 64.0 Å². The summed E-state index contributed by atoms with van der Waals surface area (Å²) < 4.78 is 1.36. The minimum atomic E-state index is -0.454. The Hall–Kier alpha value is -2.81. The molecule has 0 aliphatic rings. The van der Waals surface area contributed by atoms with Crippen LogP contribution in [0.1, 0.15) is 11.3 Å². The van der Waals surface area contributed by atoms with Gasteiger partial charge in [0.25, 0.3) is 5.69 Å². The molecule has 0 unspecified atom stereocenters. The molecule has 0 aliphatic heterocycles. The largest absolute Gasteiger partial charge is 0.408 e. The summed E-state index contributed by atoms with van der Waals surface area (Å²) in [4.78, 5) is 15.4. The number of rotatable bonds is 4. The van der Waals surface area contributed by atoms with Crippen LogP contribution in [0.25, 0.3) is 0 Å². The van der Waals surface area contributed by atoms with Gasteiger partial charge in [0.2, 0.25) is 0 Å². The fraction of sp³-hybridized carbons (Fsp3) is 0.0833. The molecule has 0 bridgehead atoms. The van der Waals surface area contributed by atoms with E-state index in [4.69, 9.17) is 10.1 Å². The highest BCUT2D eigenvalue weighted by atomic mass is 16.7. The van der Waals surface area contributed by atoms with Crippen LogP contribution in [-0.2, 0) is 6.61 Å². The number of nitriles is 1. The molecule has 0 saturated carbocycles. The van der Waals surface area contributed by atoms with Gasteiger partial charge in [-0.15, -0.1) is 0 Å². The summed E-state index contributed by atoms with van der Waals surface area (Å²) in [6.45, 7) is 0.237. The van der Waals surface area contributed by atoms with Gasteiger partial charge in [-0.2, -0.15) is 9.99 Å². The lowest BCUT2D eigenvalue weighted by Gasteiger charge is -2.07. The van der Waals surface area contributed by atoms with Gasteiger partial charge in [0.05, 0.1) is 4.92 Å². The third-order valence-corrected chi connectivity index (χ3v) is 2.34. The van der Waals surface area contributed by atoms with Crippen LogP contribution in [0.15, 0.2) is 42.6 Å². The Morgan fingerprint density at radius 3 is 2.67 bits per heavy atom. The van der Waals surface area contributed by atoms with Crippen molar-refractivity contribution >= 4 is 5.69 Å². The van der Waals surface area contributed by atoms with E-state index in [0.717, 1.165) is 5.56 Å². The molecule has 6 nitrogen and oxygen atoms in total. The maximum absolute atomic E-state index is 10.5. The van der Waals surface area contributed by atoms with Crippen molar-refractivity contribution in [2.24, 2.45) is 0 Å². The first kappa shape index (κ1) is 11.7. The number of nitro benzene ring substituents is 1. The van der Waals surface area contributed by atoms with E-state index in [1.54, 1.807) is 30.5 Å². The Morgan fingerprint density at radius 1 is 1.33 bits per heavy atom. The molecule has 0 N–H and O–H groups in total. The second kappa shape index (κ2) is 5.01. The van der Waals surface area contributed by atoms with E-state index in [1.165, 1.54) is 16.9 Å². The highest BCUT2D eigenvalue weighted by Gasteiger charge is 2.05. The SMILES string of the molecule is N#Cc1cccn1OCc1ccc([N+](=O)[O-])cc1. The average Bonchev–Trinajstić information content (AvgIpc) is 2.84. The van der Waals surface area contributed by atoms with Crippen LogP contribution in [0.2, 0.25) is 0 Å². The minimum absolute atomic E-state index is 0.0393. The predicted octanol–water partition coefficient (Wildman–Crippen LogP) is 1.90. The summed E-state index contributed by atoms with van der Waals surface area (Å²) in [5.74, 6) is 0. The zero-order chi connectivity index (χ0) is 13.0. The standard InChI is InChI=1S/C12H9N3O3/c13-8-12-2-1-7-14(12)18-9-10-3-5-11(6-4-10)15(16)17/h1-7H,9H2. The fourth-order valence-electron chi connectivity index (χ4n) is 1.42. The Morgan fingerprint density at radius 2 is 2.06 bits per heavy atom. The van der Waals surface area contributed by atoms with Crippen molar-refractivity contribution in [1.82, 2.24) is 4.73 Å². The van der Waals surface area contributed by atoms with Crippen molar-refractivity contribution in [2.45, 2.75) is 6.61 Å². The van der Waals surface area contributed by atoms with E-state index in [9.17, 15) is 10.1 Å². The number of hydrogen-bond acceptors (Lipinski definition) is 4. The summed E-state index contributed by atoms with van der Waals surface area (Å²) in [7, 11) is 0. The molecule has 0 atom stereocenters. The predicted molar refractivity (Wildman–Crippen MR) is 62.5 cm³/mol. The smallest absolute Gasteiger partial charge is 0.269 e. The quantitative estimate of drug-likeness (QED) is 0.606. The van der Waals surface area contributed by atoms with Gasteiger partial charge in [0.15, 0.2) is 5.69 Å². The Labute approximate surface area is 103 Å². The number of nitro groups is 1. The number of hydrogen-bond donors (Lipinski definition) is 0. The molecule has 1 aromatic carbocycles. The Kier molecular flexibility index (Phi) is 3.25. The van der Waals surface area contributed by atoms with Crippen molar-refractivity contribution < 1.29 is 9.76 Å². The monoisotopic (exact) mass is 243 g/mol. The highest BCUT2D eigenvalue weighted by molar-refractivity contribution is 5.32. The summed E-state index contributed by atoms with van der Waals surface area (Å²) in [6, 6.07) is 11.4. The van der Waals surface area contributed by atoms with E-state index in [2.05, 4.69) is 0 Å². The highest BCUT2D eigenvalue weighted by Crippen LogP contribution is 2.12. The minimum Gasteiger partial charge on any atom is -0.408 e. The zero-order valence-corrected chi connectivity index (χ0v) is 9.31. The second-order valence-electron chi connectivity index (χ2n) is 3.53. The Bertz CT molecular complexity index is 596. The molecule has 0 saturated heterocycles. The van der Waals surface area contributed by atoms with Crippen molar-refractivity contribution in [1.29, 1.82) is 5.26 Å². The summed E-state index contributed by atoms with van der Waals surface area (Å²) in [5, 5.41) is 19.3. The summed E-state index contributed by atoms with van der Waals surface area (Å²) >= 11 is 0. The van der Waals surface area contributed by atoms with Gasteiger partial charge in [-0.1, -0.05) is 0 Å². The molecule has 0 aliphatic carbocycles. The van der Waals surface area contributed by atoms with Crippen LogP contribution < -0.4 is 4.84 Å². The lowest BCUT2D eigenvalue weighted by molar-refractivity contribution is -0.384. The van der Waals surface area contributed by atoms with Crippen LogP contribution >= 0.6 is 0 Å². The maximum atomic E-state index is 10.5. The maximum Gasteiger partial charge on any atom is 0.269 e. The van der Waals surface area contributed by atoms with Crippen molar-refractivity contribution in [2.75, 3.05) is 0 Å². The van der Waals surface area contributed by atoms with Crippen LogP contribution in [0.4, 0.5) is 5.69 Å². The van der Waals surface area contributed by atoms with Gasteiger partial charge < -0.3 is 4.84 Å². The molecule has 2 rings (SSSR count). The van der Waals surface area contributed by atoms with Gasteiger partial charge in [0, 0.05) is 18.3 Å². The molecule has 90 valence electrons. The van der Waals surface area contributed by atoms with E-state index < -0.39 is 4.92 Å². The lowest BCUT2D eigenvalue weighted by atomic mass is 10.2. The van der Waals surface area contributed by atoms with E-state index >= 15 is 0 Å². The molecule has 1 heterocycles.